The van der Waals surface area contributed by atoms with Crippen LogP contribution >= 0.6 is 0 Å². The first-order chi connectivity index (χ1) is 4.59. The summed E-state index contributed by atoms with van der Waals surface area (Å²) in [4.78, 5) is 10.6. The molecule has 0 aromatic carbocycles. The zero-order valence-corrected chi connectivity index (χ0v) is 6.59. The third-order valence-electron chi connectivity index (χ3n) is 1.12. The lowest BCUT2D eigenvalue weighted by molar-refractivity contribution is -0.159. The largest absolute Gasteiger partial charge is 0.464 e. The van der Waals surface area contributed by atoms with E-state index in [4.69, 9.17) is 0 Å². The van der Waals surface area contributed by atoms with Crippen molar-refractivity contribution in [2.24, 2.45) is 5.92 Å². The van der Waals surface area contributed by atoms with E-state index in [1.807, 2.05) is 0 Å². The molecular weight excluding hydrogens is 132 g/mol. The summed E-state index contributed by atoms with van der Waals surface area (Å²) in [5.41, 5.74) is 0. The van der Waals surface area contributed by atoms with Crippen molar-refractivity contribution in [3.63, 3.8) is 0 Å². The van der Waals surface area contributed by atoms with Gasteiger partial charge in [-0.15, -0.1) is 0 Å². The predicted octanol–water partition coefficient (Wildman–Crippen LogP) is 1.00. The minimum Gasteiger partial charge on any atom is -0.464 e. The van der Waals surface area contributed by atoms with Gasteiger partial charge in [0.05, 0.1) is 6.61 Å². The van der Waals surface area contributed by atoms with Gasteiger partial charge in [-0.1, -0.05) is 13.8 Å². The monoisotopic (exact) mass is 145 g/mol. The lowest BCUT2D eigenvalue weighted by atomic mass is 10.1. The number of esters is 1. The van der Waals surface area contributed by atoms with Gasteiger partial charge in [-0.3, -0.25) is 0 Å². The molecule has 0 amide bonds. The summed E-state index contributed by atoms with van der Waals surface area (Å²) in [5.74, 6) is -0.823. The predicted molar refractivity (Wildman–Crippen MR) is 35.9 cm³/mol. The van der Waals surface area contributed by atoms with Crippen LogP contribution in [0.4, 0.5) is 0 Å². The van der Waals surface area contributed by atoms with Crippen molar-refractivity contribution in [1.82, 2.24) is 0 Å². The first-order valence-electron chi connectivity index (χ1n) is 3.42. The summed E-state index contributed by atoms with van der Waals surface area (Å²) < 4.78 is 4.51. The van der Waals surface area contributed by atoms with Gasteiger partial charge < -0.3 is 4.74 Å². The number of carbonyl (C=O) groups is 1. The molecule has 3 heteroatoms. The van der Waals surface area contributed by atoms with Crippen LogP contribution in [0.25, 0.3) is 0 Å². The fraction of sp³-hybridized carbons (Fsp3) is 0.857. The van der Waals surface area contributed by atoms with Crippen LogP contribution in [-0.4, -0.2) is 18.7 Å². The summed E-state index contributed by atoms with van der Waals surface area (Å²) in [6, 6.07) is 0. The molecule has 0 saturated carbocycles. The summed E-state index contributed by atoms with van der Waals surface area (Å²) in [5, 5.41) is 10.8. The molecule has 1 radical (unpaired) electrons. The van der Waals surface area contributed by atoms with E-state index < -0.39 is 12.1 Å². The highest BCUT2D eigenvalue weighted by Gasteiger charge is 2.21. The van der Waals surface area contributed by atoms with Crippen molar-refractivity contribution in [2.75, 3.05) is 6.61 Å². The van der Waals surface area contributed by atoms with E-state index in [0.29, 0.717) is 0 Å². The van der Waals surface area contributed by atoms with Crippen molar-refractivity contribution in [2.45, 2.75) is 26.9 Å². The van der Waals surface area contributed by atoms with Crippen molar-refractivity contribution in [3.05, 3.63) is 0 Å². The molecule has 0 saturated heterocycles. The van der Waals surface area contributed by atoms with E-state index in [2.05, 4.69) is 4.74 Å². The molecule has 3 nitrogen and oxygen atoms in total. The number of ether oxygens (including phenoxy) is 1. The molecule has 0 fully saturated rings. The van der Waals surface area contributed by atoms with Gasteiger partial charge in [0.25, 0.3) is 0 Å². The molecule has 10 heavy (non-hydrogen) atoms. The zero-order chi connectivity index (χ0) is 8.15. The molecule has 0 rings (SSSR count). The van der Waals surface area contributed by atoms with Crippen LogP contribution in [0.3, 0.4) is 0 Å². The molecule has 59 valence electrons. The number of hydrogen-bond donors (Lipinski definition) is 0. The van der Waals surface area contributed by atoms with Crippen LogP contribution in [0, 0.1) is 5.92 Å². The topological polar surface area (TPSA) is 46.2 Å². The molecule has 0 spiro atoms. The van der Waals surface area contributed by atoms with Crippen molar-refractivity contribution < 1.29 is 14.6 Å². The Bertz CT molecular complexity index is 109. The van der Waals surface area contributed by atoms with E-state index >= 15 is 0 Å². The highest BCUT2D eigenvalue weighted by Crippen LogP contribution is 2.03. The number of rotatable bonds is 3. The van der Waals surface area contributed by atoms with Crippen LogP contribution < -0.4 is 0 Å². The van der Waals surface area contributed by atoms with Gasteiger partial charge in [0.2, 0.25) is 0 Å². The fourth-order valence-electron chi connectivity index (χ4n) is 0.497. The van der Waals surface area contributed by atoms with E-state index in [9.17, 15) is 9.90 Å². The molecular formula is C7H13O3. The molecule has 0 aromatic heterocycles. The average Bonchev–Trinajstić information content (AvgIpc) is 1.87. The summed E-state index contributed by atoms with van der Waals surface area (Å²) in [7, 11) is 0. The maximum Gasteiger partial charge on any atom is 0.338 e. The average molecular weight is 145 g/mol. The van der Waals surface area contributed by atoms with Crippen molar-refractivity contribution in [3.8, 4) is 0 Å². The maximum absolute atomic E-state index is 10.8. The Hall–Kier alpha value is -0.570. The Morgan fingerprint density at radius 1 is 1.50 bits per heavy atom. The molecule has 1 unspecified atom stereocenters. The molecule has 0 heterocycles. The Labute approximate surface area is 61.0 Å². The van der Waals surface area contributed by atoms with Crippen LogP contribution in [0.5, 0.6) is 0 Å². The fourth-order valence-corrected chi connectivity index (χ4v) is 0.497. The van der Waals surface area contributed by atoms with Gasteiger partial charge in [-0.25, -0.2) is 9.90 Å². The van der Waals surface area contributed by atoms with Gasteiger partial charge in [-0.05, 0) is 12.8 Å². The molecule has 0 aliphatic carbocycles. The van der Waals surface area contributed by atoms with Crippen molar-refractivity contribution >= 4 is 5.97 Å². The minimum absolute atomic E-state index is 0.181. The van der Waals surface area contributed by atoms with E-state index in [0.717, 1.165) is 0 Å². The SMILES string of the molecule is CCOC(=O)C([O])C(C)C. The minimum atomic E-state index is -1.22. The summed E-state index contributed by atoms with van der Waals surface area (Å²) >= 11 is 0. The van der Waals surface area contributed by atoms with Crippen molar-refractivity contribution in [1.29, 1.82) is 0 Å². The Balaban J connectivity index is 3.71. The Morgan fingerprint density at radius 2 is 2.00 bits per heavy atom. The molecule has 0 aliphatic rings. The Morgan fingerprint density at radius 3 is 2.30 bits per heavy atom. The first-order valence-corrected chi connectivity index (χ1v) is 3.42. The molecule has 0 aliphatic heterocycles. The molecule has 1 atom stereocenters. The van der Waals surface area contributed by atoms with E-state index in [1.165, 1.54) is 0 Å². The van der Waals surface area contributed by atoms with Gasteiger partial charge >= 0.3 is 5.97 Å². The third kappa shape index (κ3) is 2.82. The summed E-state index contributed by atoms with van der Waals surface area (Å²) in [6.45, 7) is 5.37. The van der Waals surface area contributed by atoms with Crippen LogP contribution in [0.15, 0.2) is 0 Å². The van der Waals surface area contributed by atoms with Crippen LogP contribution in [0.1, 0.15) is 20.8 Å². The number of hydrogen-bond acceptors (Lipinski definition) is 2. The smallest absolute Gasteiger partial charge is 0.338 e. The quantitative estimate of drug-likeness (QED) is 0.556. The lowest BCUT2D eigenvalue weighted by Crippen LogP contribution is -2.26. The lowest BCUT2D eigenvalue weighted by Gasteiger charge is -2.09. The molecule has 0 aromatic rings. The highest BCUT2D eigenvalue weighted by molar-refractivity contribution is 5.74. The molecule has 0 N–H and O–H groups in total. The first kappa shape index (κ1) is 9.43. The maximum atomic E-state index is 10.8. The second-order valence-corrected chi connectivity index (χ2v) is 2.42. The standard InChI is InChI=1S/C7H13O3/c1-4-10-7(9)6(8)5(2)3/h5-6H,4H2,1-3H3. The highest BCUT2D eigenvalue weighted by atomic mass is 16.5. The normalized spacial score (nSPS) is 13.3. The number of carbonyl (C=O) groups excluding carboxylic acids is 1. The van der Waals surface area contributed by atoms with Gasteiger partial charge in [0.1, 0.15) is 0 Å². The second kappa shape index (κ2) is 4.28. The molecule has 0 bridgehead atoms. The zero-order valence-electron chi connectivity index (χ0n) is 6.59. The van der Waals surface area contributed by atoms with Crippen LogP contribution in [-0.2, 0) is 14.6 Å². The third-order valence-corrected chi connectivity index (χ3v) is 1.12. The van der Waals surface area contributed by atoms with Gasteiger partial charge in [0, 0.05) is 0 Å². The summed E-state index contributed by atoms with van der Waals surface area (Å²) in [6.07, 6.45) is -1.22. The van der Waals surface area contributed by atoms with Gasteiger partial charge in [-0.2, -0.15) is 0 Å². The van der Waals surface area contributed by atoms with E-state index in [-0.39, 0.29) is 12.5 Å². The Kier molecular flexibility index (Phi) is 4.03. The van der Waals surface area contributed by atoms with Crippen LogP contribution in [0.2, 0.25) is 0 Å². The van der Waals surface area contributed by atoms with Gasteiger partial charge in [0.15, 0.2) is 6.10 Å². The second-order valence-electron chi connectivity index (χ2n) is 2.42. The van der Waals surface area contributed by atoms with E-state index in [1.54, 1.807) is 20.8 Å².